The van der Waals surface area contributed by atoms with Crippen LogP contribution in [0, 0.1) is 6.92 Å². The van der Waals surface area contributed by atoms with E-state index in [0.29, 0.717) is 12.3 Å². The quantitative estimate of drug-likeness (QED) is 0.415. The van der Waals surface area contributed by atoms with Gasteiger partial charge in [-0.3, -0.25) is 4.90 Å². The zero-order valence-electron chi connectivity index (χ0n) is 20.2. The molecule has 1 unspecified atom stereocenters. The monoisotopic (exact) mass is 507 g/mol. The van der Waals surface area contributed by atoms with Gasteiger partial charge in [0.05, 0.1) is 17.7 Å². The number of hydrogen-bond donors (Lipinski definition) is 1. The van der Waals surface area contributed by atoms with Crippen LogP contribution in [0.25, 0.3) is 11.5 Å². The number of aromatic nitrogens is 6. The molecular weight excluding hydrogens is 478 g/mol. The molecule has 4 aromatic rings. The van der Waals surface area contributed by atoms with Gasteiger partial charge in [-0.25, -0.2) is 22.9 Å². The standard InChI is InChI=1S/C24H29N9O2S/c1-18-3-4-21(26-14-18)33-22(27-15-19-16-28-32-7-2-6-25-24(19)32)13-23(29-33)31-10-8-30(9-11-31)20-5-12-36(34,35)17-20/h2-4,6-7,13-14,16,20,27H,5,8-12,15,17H2,1H3. The molecule has 0 saturated carbocycles. The first kappa shape index (κ1) is 22.9. The molecule has 4 aromatic heterocycles. The maximum absolute atomic E-state index is 11.9. The molecule has 12 heteroatoms. The van der Waals surface area contributed by atoms with Crippen molar-refractivity contribution in [1.29, 1.82) is 0 Å². The first-order valence-corrected chi connectivity index (χ1v) is 14.0. The highest BCUT2D eigenvalue weighted by Crippen LogP contribution is 2.26. The topological polar surface area (TPSA) is 114 Å². The molecule has 6 rings (SSSR count). The highest BCUT2D eigenvalue weighted by atomic mass is 32.2. The number of anilines is 2. The van der Waals surface area contributed by atoms with Gasteiger partial charge in [-0.05, 0) is 31.0 Å². The fraction of sp³-hybridized carbons (Fsp3) is 0.417. The highest BCUT2D eigenvalue weighted by molar-refractivity contribution is 7.91. The Labute approximate surface area is 209 Å². The number of rotatable bonds is 6. The van der Waals surface area contributed by atoms with Crippen molar-refractivity contribution in [3.05, 3.63) is 60.2 Å². The minimum absolute atomic E-state index is 0.142. The summed E-state index contributed by atoms with van der Waals surface area (Å²) in [6, 6.07) is 8.04. The summed E-state index contributed by atoms with van der Waals surface area (Å²) >= 11 is 0. The zero-order chi connectivity index (χ0) is 24.7. The minimum Gasteiger partial charge on any atom is -0.366 e. The van der Waals surface area contributed by atoms with Gasteiger partial charge in [0.1, 0.15) is 5.82 Å². The number of nitrogens with one attached hydrogen (secondary N) is 1. The van der Waals surface area contributed by atoms with Gasteiger partial charge in [-0.15, -0.1) is 5.10 Å². The maximum Gasteiger partial charge on any atom is 0.159 e. The number of aryl methyl sites for hydroxylation is 1. The smallest absolute Gasteiger partial charge is 0.159 e. The molecule has 0 bridgehead atoms. The van der Waals surface area contributed by atoms with Crippen LogP contribution in [0.4, 0.5) is 11.6 Å². The van der Waals surface area contributed by atoms with E-state index in [-0.39, 0.29) is 11.8 Å². The Balaban J connectivity index is 1.22. The predicted octanol–water partition coefficient (Wildman–Crippen LogP) is 1.54. The van der Waals surface area contributed by atoms with Gasteiger partial charge >= 0.3 is 0 Å². The first-order valence-electron chi connectivity index (χ1n) is 12.2. The average Bonchev–Trinajstić information content (AvgIpc) is 3.60. The molecule has 2 aliphatic rings. The third-order valence-electron chi connectivity index (χ3n) is 6.98. The van der Waals surface area contributed by atoms with E-state index in [0.717, 1.165) is 66.8 Å². The molecule has 0 aliphatic carbocycles. The Morgan fingerprint density at radius 3 is 2.69 bits per heavy atom. The molecule has 2 aliphatic heterocycles. The Morgan fingerprint density at radius 2 is 1.94 bits per heavy atom. The molecule has 6 heterocycles. The summed E-state index contributed by atoms with van der Waals surface area (Å²) in [5.74, 6) is 3.04. The molecule has 2 fully saturated rings. The van der Waals surface area contributed by atoms with E-state index >= 15 is 0 Å². The van der Waals surface area contributed by atoms with Crippen LogP contribution in [0.3, 0.4) is 0 Å². The maximum atomic E-state index is 11.9. The highest BCUT2D eigenvalue weighted by Gasteiger charge is 2.34. The summed E-state index contributed by atoms with van der Waals surface area (Å²) in [6.45, 7) is 5.80. The molecule has 0 amide bonds. The summed E-state index contributed by atoms with van der Waals surface area (Å²) < 4.78 is 27.4. The van der Waals surface area contributed by atoms with Crippen molar-refractivity contribution in [2.45, 2.75) is 25.9 Å². The van der Waals surface area contributed by atoms with Crippen LogP contribution in [-0.4, -0.2) is 86.4 Å². The van der Waals surface area contributed by atoms with E-state index in [1.54, 1.807) is 10.7 Å². The second-order valence-electron chi connectivity index (χ2n) is 9.48. The van der Waals surface area contributed by atoms with Gasteiger partial charge in [0, 0.05) is 69.0 Å². The van der Waals surface area contributed by atoms with E-state index in [1.165, 1.54) is 0 Å². The van der Waals surface area contributed by atoms with Crippen LogP contribution >= 0.6 is 0 Å². The van der Waals surface area contributed by atoms with Gasteiger partial charge in [0.25, 0.3) is 0 Å². The van der Waals surface area contributed by atoms with Crippen LogP contribution in [0.1, 0.15) is 17.5 Å². The number of piperazine rings is 1. The van der Waals surface area contributed by atoms with Crippen molar-refractivity contribution in [2.75, 3.05) is 47.9 Å². The second-order valence-corrected chi connectivity index (χ2v) is 11.7. The molecule has 1 atom stereocenters. The normalized spacial score (nSPS) is 20.2. The lowest BCUT2D eigenvalue weighted by Gasteiger charge is -2.37. The van der Waals surface area contributed by atoms with Gasteiger partial charge in [-0.1, -0.05) is 6.07 Å². The Kier molecular flexibility index (Phi) is 5.84. The number of fused-ring (bicyclic) bond motifs is 1. The van der Waals surface area contributed by atoms with Crippen LogP contribution in [0.5, 0.6) is 0 Å². The number of nitrogens with zero attached hydrogens (tertiary/aromatic N) is 8. The summed E-state index contributed by atoms with van der Waals surface area (Å²) in [7, 11) is -2.88. The molecule has 0 spiro atoms. The number of pyridine rings is 1. The molecule has 36 heavy (non-hydrogen) atoms. The van der Waals surface area contributed by atoms with Crippen molar-refractivity contribution >= 4 is 27.1 Å². The van der Waals surface area contributed by atoms with E-state index in [2.05, 4.69) is 36.2 Å². The molecule has 11 nitrogen and oxygen atoms in total. The Bertz CT molecular complexity index is 1470. The lowest BCUT2D eigenvalue weighted by Crippen LogP contribution is -2.50. The first-order chi connectivity index (χ1) is 17.4. The van der Waals surface area contributed by atoms with Gasteiger partial charge < -0.3 is 10.2 Å². The number of hydrogen-bond acceptors (Lipinski definition) is 9. The molecule has 0 aromatic carbocycles. The summed E-state index contributed by atoms with van der Waals surface area (Å²) in [4.78, 5) is 13.6. The summed E-state index contributed by atoms with van der Waals surface area (Å²) in [5, 5.41) is 12.8. The zero-order valence-corrected chi connectivity index (χ0v) is 21.0. The summed E-state index contributed by atoms with van der Waals surface area (Å²) in [5.41, 5.74) is 2.89. The van der Waals surface area contributed by atoms with Crippen molar-refractivity contribution in [3.8, 4) is 5.82 Å². The largest absolute Gasteiger partial charge is 0.366 e. The van der Waals surface area contributed by atoms with Gasteiger partial charge in [0.2, 0.25) is 0 Å². The third kappa shape index (κ3) is 4.53. The van der Waals surface area contributed by atoms with Crippen molar-refractivity contribution in [3.63, 3.8) is 0 Å². The summed E-state index contributed by atoms with van der Waals surface area (Å²) in [6.07, 6.45) is 8.04. The molecular formula is C24H29N9O2S. The number of sulfone groups is 1. The molecule has 2 saturated heterocycles. The van der Waals surface area contributed by atoms with Crippen molar-refractivity contribution in [1.82, 2.24) is 34.3 Å². The van der Waals surface area contributed by atoms with Crippen molar-refractivity contribution in [2.24, 2.45) is 0 Å². The minimum atomic E-state index is -2.88. The Morgan fingerprint density at radius 1 is 1.08 bits per heavy atom. The van der Waals surface area contributed by atoms with Crippen molar-refractivity contribution < 1.29 is 8.42 Å². The van der Waals surface area contributed by atoms with Gasteiger partial charge in [0.15, 0.2) is 27.1 Å². The van der Waals surface area contributed by atoms with E-state index in [9.17, 15) is 8.42 Å². The lowest BCUT2D eigenvalue weighted by molar-refractivity contribution is 0.200. The van der Waals surface area contributed by atoms with Crippen LogP contribution < -0.4 is 10.2 Å². The van der Waals surface area contributed by atoms with E-state index in [4.69, 9.17) is 5.10 Å². The van der Waals surface area contributed by atoms with Gasteiger partial charge in [-0.2, -0.15) is 9.78 Å². The SMILES string of the molecule is Cc1ccc(-n2nc(N3CCN(C4CCS(=O)(=O)C4)CC3)cc2NCc2cnn3cccnc23)nc1. The molecule has 1 N–H and O–H groups in total. The Hall–Kier alpha value is -3.51. The fourth-order valence-corrected chi connectivity index (χ4v) is 6.74. The third-order valence-corrected chi connectivity index (χ3v) is 8.73. The van der Waals surface area contributed by atoms with E-state index in [1.807, 2.05) is 48.4 Å². The van der Waals surface area contributed by atoms with Crippen LogP contribution in [0.15, 0.2) is 49.1 Å². The predicted molar refractivity (Wildman–Crippen MR) is 137 cm³/mol. The second kappa shape index (κ2) is 9.17. The fourth-order valence-electron chi connectivity index (χ4n) is 4.98. The average molecular weight is 508 g/mol. The molecule has 188 valence electrons. The van der Waals surface area contributed by atoms with E-state index < -0.39 is 9.84 Å². The molecule has 0 radical (unpaired) electrons. The van der Waals surface area contributed by atoms with Crippen LogP contribution in [0.2, 0.25) is 0 Å². The van der Waals surface area contributed by atoms with Crippen LogP contribution in [-0.2, 0) is 16.4 Å². The lowest BCUT2D eigenvalue weighted by atomic mass is 10.2.